The summed E-state index contributed by atoms with van der Waals surface area (Å²) in [6.45, 7) is 2.34. The smallest absolute Gasteiger partial charge is 0.255 e. The molecule has 0 spiro atoms. The Morgan fingerprint density at radius 3 is 2.43 bits per heavy atom. The van der Waals surface area contributed by atoms with Crippen LogP contribution in [0.4, 0.5) is 5.69 Å². The van der Waals surface area contributed by atoms with Gasteiger partial charge in [-0.25, -0.2) is 0 Å². The minimum Gasteiger partial charge on any atom is -0.486 e. The molecule has 0 saturated heterocycles. The molecule has 118 valence electrons. The Morgan fingerprint density at radius 1 is 1.09 bits per heavy atom. The number of hydrogen-bond acceptors (Lipinski definition) is 4. The highest BCUT2D eigenvalue weighted by Gasteiger charge is 2.19. The first-order chi connectivity index (χ1) is 11.0. The molecule has 2 aromatic carbocycles. The first kappa shape index (κ1) is 15.8. The Hall–Kier alpha value is -2.09. The molecule has 0 aromatic heterocycles. The normalized spacial score (nSPS) is 12.6. The van der Waals surface area contributed by atoms with Gasteiger partial charge in [0.1, 0.15) is 13.2 Å². The Labute approximate surface area is 147 Å². The summed E-state index contributed by atoms with van der Waals surface area (Å²) >= 11 is 2.14. The first-order valence-electron chi connectivity index (χ1n) is 7.06. The zero-order valence-corrected chi connectivity index (χ0v) is 14.5. The third-order valence-electron chi connectivity index (χ3n) is 3.40. The van der Waals surface area contributed by atoms with E-state index >= 15 is 0 Å². The SMILES string of the molecule is CC(=O)c1cc2c(cc1NC(=O)c1cccc(I)c1)OCCO2. The number of halogens is 1. The van der Waals surface area contributed by atoms with Crippen molar-refractivity contribution in [3.63, 3.8) is 0 Å². The minimum atomic E-state index is -0.275. The molecule has 0 fully saturated rings. The molecular formula is C17H14INO4. The zero-order chi connectivity index (χ0) is 16.4. The number of Topliss-reactive ketones (excluding diaryl/α,β-unsaturated/α-hetero) is 1. The van der Waals surface area contributed by atoms with Gasteiger partial charge in [0.05, 0.1) is 5.69 Å². The predicted molar refractivity (Wildman–Crippen MR) is 94.5 cm³/mol. The van der Waals surface area contributed by atoms with Crippen LogP contribution in [0.2, 0.25) is 0 Å². The lowest BCUT2D eigenvalue weighted by atomic mass is 10.1. The molecule has 3 rings (SSSR count). The van der Waals surface area contributed by atoms with Crippen LogP contribution in [0.25, 0.3) is 0 Å². The highest BCUT2D eigenvalue weighted by atomic mass is 127. The van der Waals surface area contributed by atoms with Gasteiger partial charge in [-0.15, -0.1) is 0 Å². The molecule has 0 bridgehead atoms. The summed E-state index contributed by atoms with van der Waals surface area (Å²) in [7, 11) is 0. The first-order valence-corrected chi connectivity index (χ1v) is 8.14. The summed E-state index contributed by atoms with van der Waals surface area (Å²) in [6.07, 6.45) is 0. The van der Waals surface area contributed by atoms with E-state index in [9.17, 15) is 9.59 Å². The van der Waals surface area contributed by atoms with E-state index in [0.29, 0.717) is 41.5 Å². The molecule has 23 heavy (non-hydrogen) atoms. The zero-order valence-electron chi connectivity index (χ0n) is 12.4. The van der Waals surface area contributed by atoms with Gasteiger partial charge in [-0.05, 0) is 53.8 Å². The molecule has 0 saturated carbocycles. The Balaban J connectivity index is 1.95. The number of carbonyl (C=O) groups is 2. The van der Waals surface area contributed by atoms with Gasteiger partial charge in [0.15, 0.2) is 17.3 Å². The molecule has 0 radical (unpaired) electrons. The van der Waals surface area contributed by atoms with E-state index in [-0.39, 0.29) is 11.7 Å². The van der Waals surface area contributed by atoms with E-state index in [0.717, 1.165) is 3.57 Å². The second-order valence-corrected chi connectivity index (χ2v) is 6.31. The predicted octanol–water partition coefficient (Wildman–Crippen LogP) is 3.52. The van der Waals surface area contributed by atoms with Crippen LogP contribution in [0.1, 0.15) is 27.6 Å². The van der Waals surface area contributed by atoms with Crippen molar-refractivity contribution in [2.75, 3.05) is 18.5 Å². The number of ether oxygens (including phenoxy) is 2. The van der Waals surface area contributed by atoms with Crippen molar-refractivity contribution in [3.8, 4) is 11.5 Å². The lowest BCUT2D eigenvalue weighted by Gasteiger charge is -2.20. The molecule has 1 aliphatic rings. The molecule has 1 amide bonds. The van der Waals surface area contributed by atoms with Crippen LogP contribution in [-0.2, 0) is 0 Å². The van der Waals surface area contributed by atoms with E-state index in [4.69, 9.17) is 9.47 Å². The maximum absolute atomic E-state index is 12.4. The molecule has 0 aliphatic carbocycles. The second kappa shape index (κ2) is 6.57. The molecule has 0 unspecified atom stereocenters. The number of carbonyl (C=O) groups excluding carboxylic acids is 2. The highest BCUT2D eigenvalue weighted by molar-refractivity contribution is 14.1. The average Bonchev–Trinajstić information content (AvgIpc) is 2.54. The van der Waals surface area contributed by atoms with Crippen LogP contribution < -0.4 is 14.8 Å². The van der Waals surface area contributed by atoms with Crippen LogP contribution in [0.3, 0.4) is 0 Å². The molecule has 5 nitrogen and oxygen atoms in total. The van der Waals surface area contributed by atoms with Gasteiger partial charge in [-0.3, -0.25) is 9.59 Å². The van der Waals surface area contributed by atoms with Gasteiger partial charge in [-0.1, -0.05) is 6.07 Å². The van der Waals surface area contributed by atoms with Crippen molar-refractivity contribution in [3.05, 3.63) is 51.1 Å². The number of nitrogens with one attached hydrogen (secondary N) is 1. The molecule has 1 N–H and O–H groups in total. The fourth-order valence-electron chi connectivity index (χ4n) is 2.31. The van der Waals surface area contributed by atoms with Crippen molar-refractivity contribution in [1.82, 2.24) is 0 Å². The lowest BCUT2D eigenvalue weighted by Crippen LogP contribution is -2.18. The van der Waals surface area contributed by atoms with Crippen molar-refractivity contribution < 1.29 is 19.1 Å². The second-order valence-electron chi connectivity index (χ2n) is 5.06. The number of fused-ring (bicyclic) bond motifs is 1. The topological polar surface area (TPSA) is 64.6 Å². The number of benzene rings is 2. The lowest BCUT2D eigenvalue weighted by molar-refractivity contribution is 0.101. The Kier molecular flexibility index (Phi) is 4.51. The number of anilines is 1. The van der Waals surface area contributed by atoms with Gasteiger partial charge in [0.2, 0.25) is 0 Å². The molecule has 2 aromatic rings. The van der Waals surface area contributed by atoms with Crippen molar-refractivity contribution >= 4 is 40.0 Å². The van der Waals surface area contributed by atoms with Crippen LogP contribution in [0.5, 0.6) is 11.5 Å². The number of rotatable bonds is 3. The Morgan fingerprint density at radius 2 is 1.78 bits per heavy atom. The summed E-state index contributed by atoms with van der Waals surface area (Å²) in [5.41, 5.74) is 1.35. The third kappa shape index (κ3) is 3.47. The molecular weight excluding hydrogens is 409 g/mol. The average molecular weight is 423 g/mol. The van der Waals surface area contributed by atoms with Gasteiger partial charge >= 0.3 is 0 Å². The van der Waals surface area contributed by atoms with Crippen molar-refractivity contribution in [1.29, 1.82) is 0 Å². The van der Waals surface area contributed by atoms with Crippen LogP contribution in [-0.4, -0.2) is 24.9 Å². The van der Waals surface area contributed by atoms with E-state index in [2.05, 4.69) is 27.9 Å². The standard InChI is InChI=1S/C17H14INO4/c1-10(20)13-8-15-16(23-6-5-22-15)9-14(13)19-17(21)11-3-2-4-12(18)7-11/h2-4,7-9H,5-6H2,1H3,(H,19,21). The minimum absolute atomic E-state index is 0.153. The summed E-state index contributed by atoms with van der Waals surface area (Å²) in [5.74, 6) is 0.621. The maximum atomic E-state index is 12.4. The highest BCUT2D eigenvalue weighted by Crippen LogP contribution is 2.36. The third-order valence-corrected chi connectivity index (χ3v) is 4.07. The summed E-state index contributed by atoms with van der Waals surface area (Å²) in [5, 5.41) is 2.79. The quantitative estimate of drug-likeness (QED) is 0.607. The number of amides is 1. The van der Waals surface area contributed by atoms with Crippen LogP contribution in [0, 0.1) is 3.57 Å². The van der Waals surface area contributed by atoms with Crippen LogP contribution in [0.15, 0.2) is 36.4 Å². The molecule has 1 aliphatic heterocycles. The Bertz CT molecular complexity index is 788. The van der Waals surface area contributed by atoms with Gasteiger partial charge in [0, 0.05) is 20.8 Å². The van der Waals surface area contributed by atoms with Gasteiger partial charge < -0.3 is 14.8 Å². The molecule has 6 heteroatoms. The number of hydrogen-bond donors (Lipinski definition) is 1. The molecule has 0 atom stereocenters. The maximum Gasteiger partial charge on any atom is 0.255 e. The van der Waals surface area contributed by atoms with E-state index < -0.39 is 0 Å². The number of ketones is 1. The summed E-state index contributed by atoms with van der Waals surface area (Å²) in [6, 6.07) is 10.5. The fraction of sp³-hybridized carbons (Fsp3) is 0.176. The monoisotopic (exact) mass is 423 g/mol. The van der Waals surface area contributed by atoms with Crippen LogP contribution >= 0.6 is 22.6 Å². The largest absolute Gasteiger partial charge is 0.486 e. The van der Waals surface area contributed by atoms with Gasteiger partial charge in [0.25, 0.3) is 5.91 Å². The van der Waals surface area contributed by atoms with Crippen molar-refractivity contribution in [2.45, 2.75) is 6.92 Å². The van der Waals surface area contributed by atoms with E-state index in [1.807, 2.05) is 12.1 Å². The fourth-order valence-corrected chi connectivity index (χ4v) is 2.85. The van der Waals surface area contributed by atoms with E-state index in [1.54, 1.807) is 24.3 Å². The summed E-state index contributed by atoms with van der Waals surface area (Å²) in [4.78, 5) is 24.3. The summed E-state index contributed by atoms with van der Waals surface area (Å²) < 4.78 is 12.0. The van der Waals surface area contributed by atoms with E-state index in [1.165, 1.54) is 6.92 Å². The van der Waals surface area contributed by atoms with Crippen molar-refractivity contribution in [2.24, 2.45) is 0 Å². The molecule has 1 heterocycles. The van der Waals surface area contributed by atoms with Gasteiger partial charge in [-0.2, -0.15) is 0 Å².